The number of anilines is 1. The molecule has 1 aliphatic heterocycles. The number of hydrogen-bond donors (Lipinski definition) is 1. The van der Waals surface area contributed by atoms with Gasteiger partial charge in [-0.15, -0.1) is 0 Å². The first-order valence-corrected chi connectivity index (χ1v) is 17.0. The molecule has 3 aromatic rings. The van der Waals surface area contributed by atoms with Crippen molar-refractivity contribution in [1.29, 1.82) is 0 Å². The van der Waals surface area contributed by atoms with Crippen LogP contribution >= 0.6 is 0 Å². The minimum Gasteiger partial charge on any atom is -0.469 e. The molecule has 0 fully saturated rings. The van der Waals surface area contributed by atoms with Crippen molar-refractivity contribution in [2.45, 2.75) is 74.5 Å². The van der Waals surface area contributed by atoms with E-state index in [4.69, 9.17) is 10.5 Å². The van der Waals surface area contributed by atoms with E-state index in [9.17, 15) is 57.5 Å². The third-order valence-corrected chi connectivity index (χ3v) is 10.1. The maximum atomic E-state index is 13.9. The molecule has 0 bridgehead atoms. The molecule has 0 aliphatic carbocycles. The predicted octanol–water partition coefficient (Wildman–Crippen LogP) is 7.02. The maximum Gasteiger partial charge on any atom is 0.416 e. The van der Waals surface area contributed by atoms with Crippen LogP contribution in [0.2, 0.25) is 0 Å². The molecule has 20 heteroatoms. The highest BCUT2D eigenvalue weighted by Crippen LogP contribution is 2.47. The zero-order chi connectivity index (χ0) is 39.0. The van der Waals surface area contributed by atoms with Gasteiger partial charge in [-0.2, -0.15) is 39.5 Å². The number of esters is 1. The monoisotopic (exact) mass is 770 g/mol. The molecule has 4 rings (SSSR count). The number of rotatable bonds is 9. The fourth-order valence-electron chi connectivity index (χ4n) is 5.73. The lowest BCUT2D eigenvalue weighted by molar-refractivity contribution is -0.143. The molecule has 0 saturated heterocycles. The molecule has 2 atom stereocenters. The average Bonchev–Trinajstić information content (AvgIpc) is 3.05. The molecule has 284 valence electrons. The van der Waals surface area contributed by atoms with Crippen molar-refractivity contribution in [1.82, 2.24) is 9.97 Å². The molecule has 2 heterocycles. The Labute approximate surface area is 291 Å². The Balaban J connectivity index is 1.99. The number of nitrogens with zero attached hydrogens (tertiary/aromatic N) is 3. The number of methoxy groups -OCH3 is 1. The summed E-state index contributed by atoms with van der Waals surface area (Å²) in [6, 6.07) is 2.99. The Morgan fingerprint density at radius 1 is 0.942 bits per heavy atom. The van der Waals surface area contributed by atoms with Crippen LogP contribution in [0, 0.1) is 0 Å². The van der Waals surface area contributed by atoms with Crippen molar-refractivity contribution in [3.05, 3.63) is 81.9 Å². The summed E-state index contributed by atoms with van der Waals surface area (Å²) in [5.74, 6) is -3.62. The number of alkyl halides is 9. The third kappa shape index (κ3) is 8.59. The summed E-state index contributed by atoms with van der Waals surface area (Å²) < 4.78 is 160. The van der Waals surface area contributed by atoms with Gasteiger partial charge in [0.25, 0.3) is 0 Å². The van der Waals surface area contributed by atoms with Crippen LogP contribution in [0.4, 0.5) is 50.0 Å². The number of benzene rings is 2. The second-order valence-electron chi connectivity index (χ2n) is 11.8. The molecule has 2 N–H and O–H groups in total. The molecule has 0 unspecified atom stereocenters. The number of carbonyl (C=O) groups is 2. The standard InChI is InChI=1S/C32H31F9N4O6S/c1-4-29(42)15-22(21-14-18(30(33,34)35)6-7-24(21)45(29)28(47)51-5-2)27-43-16-25(52(48,49)9-8-26(46)50-3)23(44-27)12-17-10-19(31(36,37)38)13-20(11-17)32(39,40)41/h6-7,10-11,13-14,16,22H,4-5,8-9,12,15,42H2,1-3H3/t22-,29+/m0/s1. The lowest BCUT2D eigenvalue weighted by atomic mass is 9.80. The van der Waals surface area contributed by atoms with E-state index >= 15 is 0 Å². The van der Waals surface area contributed by atoms with Crippen LogP contribution in [0.15, 0.2) is 47.5 Å². The van der Waals surface area contributed by atoms with Crippen LogP contribution in [-0.4, -0.2) is 55.6 Å². The molecule has 2 aromatic carbocycles. The van der Waals surface area contributed by atoms with E-state index in [0.717, 1.165) is 18.1 Å². The van der Waals surface area contributed by atoms with Gasteiger partial charge in [-0.3, -0.25) is 9.69 Å². The molecular weight excluding hydrogens is 739 g/mol. The maximum absolute atomic E-state index is 13.9. The molecule has 1 aromatic heterocycles. The van der Waals surface area contributed by atoms with E-state index in [-0.39, 0.29) is 36.8 Å². The van der Waals surface area contributed by atoms with Crippen LogP contribution in [0.3, 0.4) is 0 Å². The van der Waals surface area contributed by atoms with Gasteiger partial charge >= 0.3 is 30.6 Å². The molecule has 10 nitrogen and oxygen atoms in total. The normalized spacial score (nSPS) is 18.2. The third-order valence-electron chi connectivity index (χ3n) is 8.35. The Bertz CT molecular complexity index is 1920. The van der Waals surface area contributed by atoms with Crippen molar-refractivity contribution in [2.75, 3.05) is 24.4 Å². The SMILES string of the molecule is CCOC(=O)N1c2ccc(C(F)(F)F)cc2[C@@H](c2ncc(S(=O)(=O)CCC(=O)OC)c(Cc3cc(C(F)(F)F)cc(C(F)(F)F)c3)n2)C[C@@]1(N)CC. The van der Waals surface area contributed by atoms with Gasteiger partial charge in [0.1, 0.15) is 16.4 Å². The molecule has 1 aliphatic rings. The minimum absolute atomic E-state index is 0.0138. The Kier molecular flexibility index (Phi) is 11.3. The fraction of sp³-hybridized carbons (Fsp3) is 0.438. The van der Waals surface area contributed by atoms with Crippen LogP contribution < -0.4 is 10.6 Å². The zero-order valence-electron chi connectivity index (χ0n) is 27.5. The van der Waals surface area contributed by atoms with Crippen molar-refractivity contribution >= 4 is 27.6 Å². The number of sulfone groups is 1. The smallest absolute Gasteiger partial charge is 0.416 e. The molecule has 1 amide bonds. The number of aromatic nitrogens is 2. The van der Waals surface area contributed by atoms with Crippen LogP contribution in [0.25, 0.3) is 0 Å². The van der Waals surface area contributed by atoms with E-state index in [1.54, 1.807) is 6.92 Å². The van der Waals surface area contributed by atoms with E-state index in [1.807, 2.05) is 0 Å². The zero-order valence-corrected chi connectivity index (χ0v) is 28.4. The summed E-state index contributed by atoms with van der Waals surface area (Å²) in [5.41, 5.74) is -1.21. The van der Waals surface area contributed by atoms with Gasteiger partial charge in [0.2, 0.25) is 0 Å². The van der Waals surface area contributed by atoms with Gasteiger partial charge in [0, 0.05) is 18.5 Å². The first-order chi connectivity index (χ1) is 23.9. The predicted molar refractivity (Wildman–Crippen MR) is 165 cm³/mol. The second-order valence-corrected chi connectivity index (χ2v) is 13.9. The van der Waals surface area contributed by atoms with Gasteiger partial charge in [-0.1, -0.05) is 6.92 Å². The molecular formula is C32H31F9N4O6S. The summed E-state index contributed by atoms with van der Waals surface area (Å²) in [6.07, 6.45) is -17.7. The van der Waals surface area contributed by atoms with E-state index in [1.165, 1.54) is 6.92 Å². The summed E-state index contributed by atoms with van der Waals surface area (Å²) in [6.45, 7) is 2.92. The number of carbonyl (C=O) groups excluding carboxylic acids is 2. The highest BCUT2D eigenvalue weighted by atomic mass is 32.2. The molecule has 0 saturated carbocycles. The number of hydrogen-bond acceptors (Lipinski definition) is 9. The van der Waals surface area contributed by atoms with E-state index in [2.05, 4.69) is 14.7 Å². The summed E-state index contributed by atoms with van der Waals surface area (Å²) >= 11 is 0. The topological polar surface area (TPSA) is 142 Å². The van der Waals surface area contributed by atoms with Crippen molar-refractivity contribution in [2.24, 2.45) is 5.73 Å². The number of nitrogens with two attached hydrogens (primary N) is 1. The van der Waals surface area contributed by atoms with Gasteiger partial charge in [-0.25, -0.2) is 23.2 Å². The van der Waals surface area contributed by atoms with E-state index in [0.29, 0.717) is 30.5 Å². The summed E-state index contributed by atoms with van der Waals surface area (Å²) in [4.78, 5) is 33.4. The number of fused-ring (bicyclic) bond motifs is 1. The quantitative estimate of drug-likeness (QED) is 0.179. The van der Waals surface area contributed by atoms with E-state index < -0.39 is 109 Å². The molecule has 52 heavy (non-hydrogen) atoms. The van der Waals surface area contributed by atoms with Crippen LogP contribution in [-0.2, 0) is 49.1 Å². The van der Waals surface area contributed by atoms with Gasteiger partial charge in [0.15, 0.2) is 9.84 Å². The first-order valence-electron chi connectivity index (χ1n) is 15.4. The van der Waals surface area contributed by atoms with Gasteiger partial charge in [0.05, 0.1) is 54.0 Å². The molecule has 0 radical (unpaired) electrons. The summed E-state index contributed by atoms with van der Waals surface area (Å²) in [5, 5.41) is 0. The van der Waals surface area contributed by atoms with Crippen molar-refractivity contribution < 1.29 is 67.0 Å². The van der Waals surface area contributed by atoms with Crippen LogP contribution in [0.1, 0.15) is 78.4 Å². The number of ether oxygens (including phenoxy) is 2. The average molecular weight is 771 g/mol. The fourth-order valence-corrected chi connectivity index (χ4v) is 7.07. The largest absolute Gasteiger partial charge is 0.469 e. The molecule has 0 spiro atoms. The Morgan fingerprint density at radius 2 is 1.54 bits per heavy atom. The van der Waals surface area contributed by atoms with Gasteiger partial charge in [-0.05, 0) is 67.3 Å². The first kappa shape index (κ1) is 40.3. The van der Waals surface area contributed by atoms with Crippen molar-refractivity contribution in [3.8, 4) is 0 Å². The Hall–Kier alpha value is -4.46. The van der Waals surface area contributed by atoms with Crippen LogP contribution in [0.5, 0.6) is 0 Å². The number of amides is 1. The number of halogens is 9. The summed E-state index contributed by atoms with van der Waals surface area (Å²) in [7, 11) is -3.61. The lowest BCUT2D eigenvalue weighted by Gasteiger charge is -2.46. The minimum atomic E-state index is -5.25. The van der Waals surface area contributed by atoms with Crippen molar-refractivity contribution in [3.63, 3.8) is 0 Å². The van der Waals surface area contributed by atoms with Gasteiger partial charge < -0.3 is 15.2 Å². The lowest BCUT2D eigenvalue weighted by Crippen LogP contribution is -2.61. The highest BCUT2D eigenvalue weighted by Gasteiger charge is 2.47. The second kappa shape index (κ2) is 14.5. The Morgan fingerprint density at radius 3 is 2.06 bits per heavy atom. The highest BCUT2D eigenvalue weighted by molar-refractivity contribution is 7.91.